The predicted molar refractivity (Wildman–Crippen MR) is 136 cm³/mol. The molecule has 2 aromatic carbocycles. The molecule has 1 aliphatic rings. The van der Waals surface area contributed by atoms with Gasteiger partial charge in [-0.15, -0.1) is 6.58 Å². The first-order chi connectivity index (χ1) is 16.4. The molecule has 1 fully saturated rings. The van der Waals surface area contributed by atoms with Gasteiger partial charge in [-0.25, -0.2) is 8.42 Å². The molecule has 0 aliphatic carbocycles. The van der Waals surface area contributed by atoms with Crippen LogP contribution >= 0.6 is 0 Å². The molecule has 7 heteroatoms. The van der Waals surface area contributed by atoms with Gasteiger partial charge in [0.1, 0.15) is 11.5 Å². The minimum absolute atomic E-state index is 0.0177. The van der Waals surface area contributed by atoms with Gasteiger partial charge in [0, 0.05) is 19.7 Å². The third-order valence-corrected chi connectivity index (χ3v) is 8.87. The van der Waals surface area contributed by atoms with Crippen molar-refractivity contribution >= 4 is 10.0 Å². The Morgan fingerprint density at radius 2 is 1.56 bits per heavy atom. The van der Waals surface area contributed by atoms with Crippen LogP contribution in [0.3, 0.4) is 0 Å². The topological polar surface area (TPSA) is 65.1 Å². The number of ether oxygens (including phenoxy) is 3. The molecule has 3 atom stereocenters. The van der Waals surface area contributed by atoms with Crippen LogP contribution in [0, 0.1) is 5.92 Å². The van der Waals surface area contributed by atoms with Gasteiger partial charge in [-0.3, -0.25) is 0 Å². The summed E-state index contributed by atoms with van der Waals surface area (Å²) in [5.74, 6) is 1.41. The lowest BCUT2D eigenvalue weighted by Crippen LogP contribution is -2.42. The Morgan fingerprint density at radius 3 is 1.97 bits per heavy atom. The van der Waals surface area contributed by atoms with Gasteiger partial charge in [0.05, 0.1) is 25.6 Å². The molecule has 0 radical (unpaired) electrons. The van der Waals surface area contributed by atoms with Crippen molar-refractivity contribution < 1.29 is 22.6 Å². The fourth-order valence-corrected chi connectivity index (χ4v) is 6.65. The Labute approximate surface area is 204 Å². The number of methoxy groups -OCH3 is 2. The molecule has 34 heavy (non-hydrogen) atoms. The lowest BCUT2D eigenvalue weighted by atomic mass is 9.98. The summed E-state index contributed by atoms with van der Waals surface area (Å²) in [6.07, 6.45) is 4.81. The minimum Gasteiger partial charge on any atom is -0.497 e. The highest BCUT2D eigenvalue weighted by atomic mass is 32.2. The van der Waals surface area contributed by atoms with Crippen molar-refractivity contribution in [3.05, 3.63) is 72.3 Å². The van der Waals surface area contributed by atoms with Crippen LogP contribution in [0.5, 0.6) is 11.5 Å². The van der Waals surface area contributed by atoms with Crippen LogP contribution in [0.25, 0.3) is 0 Å². The number of rotatable bonds is 13. The highest BCUT2D eigenvalue weighted by molar-refractivity contribution is 7.89. The average molecular weight is 488 g/mol. The first-order valence-electron chi connectivity index (χ1n) is 11.8. The first-order valence-corrected chi connectivity index (χ1v) is 13.3. The molecule has 1 saturated heterocycles. The summed E-state index contributed by atoms with van der Waals surface area (Å²) in [5.41, 5.74) is 1.82. The molecular weight excluding hydrogens is 450 g/mol. The van der Waals surface area contributed by atoms with E-state index in [0.717, 1.165) is 35.5 Å². The molecule has 1 heterocycles. The molecule has 0 saturated carbocycles. The number of sulfonamides is 1. The highest BCUT2D eigenvalue weighted by Gasteiger charge is 2.38. The number of allylic oxidation sites excluding steroid dienone is 1. The van der Waals surface area contributed by atoms with Gasteiger partial charge < -0.3 is 14.2 Å². The monoisotopic (exact) mass is 487 g/mol. The zero-order valence-electron chi connectivity index (χ0n) is 20.5. The second-order valence-electron chi connectivity index (χ2n) is 8.92. The zero-order valence-corrected chi connectivity index (χ0v) is 21.3. The Kier molecular flexibility index (Phi) is 9.56. The molecule has 186 valence electrons. The van der Waals surface area contributed by atoms with E-state index in [-0.39, 0.29) is 25.1 Å². The van der Waals surface area contributed by atoms with Gasteiger partial charge >= 0.3 is 0 Å². The lowest BCUT2D eigenvalue weighted by molar-refractivity contribution is 0.0989. The highest BCUT2D eigenvalue weighted by Crippen LogP contribution is 2.31. The molecule has 1 aliphatic heterocycles. The standard InChI is InChI=1S/C27H37NO5S/c1-5-7-21(2)27(18-26-8-6-17-33-26)34(29,30)28(19-22-9-13-24(31-3)14-10-22)20-23-11-15-25(32-4)16-12-23/h5,9-16,21,26-27H,1,6-8,17-20H2,2-4H3. The molecule has 3 unspecified atom stereocenters. The number of benzene rings is 2. The van der Waals surface area contributed by atoms with E-state index >= 15 is 0 Å². The molecule has 6 nitrogen and oxygen atoms in total. The maximum Gasteiger partial charge on any atom is 0.217 e. The molecule has 0 amide bonds. The number of nitrogens with zero attached hydrogens (tertiary/aromatic N) is 1. The second kappa shape index (κ2) is 12.4. The van der Waals surface area contributed by atoms with E-state index in [1.807, 2.05) is 55.5 Å². The van der Waals surface area contributed by atoms with E-state index in [0.29, 0.717) is 19.4 Å². The zero-order chi connectivity index (χ0) is 24.6. The van der Waals surface area contributed by atoms with Crippen LogP contribution < -0.4 is 9.47 Å². The summed E-state index contributed by atoms with van der Waals surface area (Å²) in [4.78, 5) is 0. The summed E-state index contributed by atoms with van der Waals surface area (Å²) in [6.45, 7) is 7.11. The number of hydrogen-bond acceptors (Lipinski definition) is 5. The molecule has 0 spiro atoms. The van der Waals surface area contributed by atoms with Crippen LogP contribution in [0.1, 0.15) is 43.7 Å². The van der Waals surface area contributed by atoms with Crippen molar-refractivity contribution in [1.82, 2.24) is 4.31 Å². The van der Waals surface area contributed by atoms with Crippen molar-refractivity contribution in [1.29, 1.82) is 0 Å². The van der Waals surface area contributed by atoms with E-state index < -0.39 is 15.3 Å². The fourth-order valence-electron chi connectivity index (χ4n) is 4.45. The summed E-state index contributed by atoms with van der Waals surface area (Å²) in [7, 11) is -0.422. The van der Waals surface area contributed by atoms with E-state index in [2.05, 4.69) is 6.58 Å². The average Bonchev–Trinajstić information content (AvgIpc) is 3.36. The Hall–Kier alpha value is -2.35. The minimum atomic E-state index is -3.66. The lowest BCUT2D eigenvalue weighted by Gasteiger charge is -2.32. The fraction of sp³-hybridized carbons (Fsp3) is 0.481. The summed E-state index contributed by atoms with van der Waals surface area (Å²) < 4.78 is 46.3. The summed E-state index contributed by atoms with van der Waals surface area (Å²) in [5, 5.41) is -0.551. The molecule has 0 aromatic heterocycles. The van der Waals surface area contributed by atoms with Crippen molar-refractivity contribution in [2.75, 3.05) is 20.8 Å². The third kappa shape index (κ3) is 6.84. The molecule has 0 N–H and O–H groups in total. The molecule has 2 aromatic rings. The quantitative estimate of drug-likeness (QED) is 0.364. The first kappa shape index (κ1) is 26.3. The number of hydrogen-bond donors (Lipinski definition) is 0. The van der Waals surface area contributed by atoms with Gasteiger partial charge in [-0.2, -0.15) is 4.31 Å². The largest absolute Gasteiger partial charge is 0.497 e. The van der Waals surface area contributed by atoms with Gasteiger partial charge in [0.25, 0.3) is 0 Å². The molecule has 3 rings (SSSR count). The predicted octanol–water partition coefficient (Wildman–Crippen LogP) is 5.19. The van der Waals surface area contributed by atoms with Crippen LogP contribution in [0.2, 0.25) is 0 Å². The van der Waals surface area contributed by atoms with Crippen molar-refractivity contribution in [3.63, 3.8) is 0 Å². The smallest absolute Gasteiger partial charge is 0.217 e. The maximum absolute atomic E-state index is 14.2. The van der Waals surface area contributed by atoms with E-state index in [1.54, 1.807) is 24.6 Å². The van der Waals surface area contributed by atoms with Gasteiger partial charge in [0.15, 0.2) is 0 Å². The maximum atomic E-state index is 14.2. The summed E-state index contributed by atoms with van der Waals surface area (Å²) in [6, 6.07) is 15.1. The van der Waals surface area contributed by atoms with Crippen LogP contribution in [0.15, 0.2) is 61.2 Å². The van der Waals surface area contributed by atoms with E-state index in [4.69, 9.17) is 14.2 Å². The SMILES string of the molecule is C=CCC(C)C(CC1CCCO1)S(=O)(=O)N(Cc1ccc(OC)cc1)Cc1ccc(OC)cc1. The van der Waals surface area contributed by atoms with Gasteiger partial charge in [0.2, 0.25) is 10.0 Å². The normalized spacial score (nSPS) is 17.9. The van der Waals surface area contributed by atoms with Gasteiger partial charge in [-0.1, -0.05) is 37.3 Å². The Balaban J connectivity index is 1.93. The van der Waals surface area contributed by atoms with Crippen molar-refractivity contribution in [2.24, 2.45) is 5.92 Å². The summed E-state index contributed by atoms with van der Waals surface area (Å²) >= 11 is 0. The van der Waals surface area contributed by atoms with Crippen molar-refractivity contribution in [3.8, 4) is 11.5 Å². The van der Waals surface area contributed by atoms with Crippen LogP contribution in [-0.2, 0) is 27.8 Å². The van der Waals surface area contributed by atoms with Crippen LogP contribution in [-0.4, -0.2) is 44.9 Å². The van der Waals surface area contributed by atoms with E-state index in [9.17, 15) is 8.42 Å². The Morgan fingerprint density at radius 1 is 1.03 bits per heavy atom. The van der Waals surface area contributed by atoms with Gasteiger partial charge in [-0.05, 0) is 67.0 Å². The third-order valence-electron chi connectivity index (χ3n) is 6.47. The molecular formula is C27H37NO5S. The second-order valence-corrected chi connectivity index (χ2v) is 11.1. The van der Waals surface area contributed by atoms with E-state index in [1.165, 1.54) is 0 Å². The van der Waals surface area contributed by atoms with Crippen LogP contribution in [0.4, 0.5) is 0 Å². The van der Waals surface area contributed by atoms with Crippen molar-refractivity contribution in [2.45, 2.75) is 57.1 Å². The molecule has 0 bridgehead atoms. The Bertz CT molecular complexity index is 949.